The molecule has 0 radical (unpaired) electrons. The van der Waals surface area contributed by atoms with Crippen LogP contribution in [0.15, 0.2) is 97.6 Å². The number of aryl methyl sites for hydroxylation is 1. The summed E-state index contributed by atoms with van der Waals surface area (Å²) in [6.07, 6.45) is 7.96. The molecule has 13 heteroatoms. The number of para-hydroxylation sites is 2. The second-order valence-corrected chi connectivity index (χ2v) is 12.7. The van der Waals surface area contributed by atoms with Crippen molar-refractivity contribution in [3.63, 3.8) is 0 Å². The molecule has 4 N–H and O–H groups in total. The van der Waals surface area contributed by atoms with Crippen LogP contribution in [0, 0.1) is 5.92 Å². The van der Waals surface area contributed by atoms with Gasteiger partial charge in [0, 0.05) is 69.7 Å². The molecule has 0 aliphatic carbocycles. The first-order valence-electron chi connectivity index (χ1n) is 17.4. The fraction of sp³-hybridized carbons (Fsp3) is 0.410. The average Bonchev–Trinajstić information content (AvgIpc) is 3.61. The lowest BCUT2D eigenvalue weighted by Gasteiger charge is -2.35. The molecular weight excluding hydrogens is 673 g/mol. The van der Waals surface area contributed by atoms with Crippen LogP contribution < -0.4 is 15.8 Å². The third kappa shape index (κ3) is 16.5. The maximum absolute atomic E-state index is 11.0. The van der Waals surface area contributed by atoms with Crippen molar-refractivity contribution in [2.45, 2.75) is 51.4 Å². The van der Waals surface area contributed by atoms with E-state index in [0.29, 0.717) is 5.92 Å². The third-order valence-corrected chi connectivity index (χ3v) is 8.34. The first kappa shape index (κ1) is 41.7. The Balaban J connectivity index is 0.000000281. The van der Waals surface area contributed by atoms with Crippen LogP contribution >= 0.6 is 0 Å². The minimum absolute atomic E-state index is 0.00743. The maximum Gasteiger partial charge on any atom is 0.405 e. The number of amides is 2. The Bertz CT molecular complexity index is 1530. The summed E-state index contributed by atoms with van der Waals surface area (Å²) in [7, 11) is 0. The van der Waals surface area contributed by atoms with Gasteiger partial charge in [-0.2, -0.15) is 13.2 Å². The molecule has 2 aromatic heterocycles. The van der Waals surface area contributed by atoms with Gasteiger partial charge in [0.05, 0.1) is 12.7 Å². The predicted octanol–water partition coefficient (Wildman–Crippen LogP) is 5.03. The number of alkyl halides is 3. The van der Waals surface area contributed by atoms with Crippen LogP contribution in [0.2, 0.25) is 0 Å². The molecule has 0 spiro atoms. The van der Waals surface area contributed by atoms with Crippen LogP contribution in [0.25, 0.3) is 5.69 Å². The predicted molar refractivity (Wildman–Crippen MR) is 196 cm³/mol. The number of benzene rings is 2. The fourth-order valence-corrected chi connectivity index (χ4v) is 5.98. The molecule has 2 aliphatic rings. The van der Waals surface area contributed by atoms with Gasteiger partial charge in [0.2, 0.25) is 12.8 Å². The lowest BCUT2D eigenvalue weighted by Crippen LogP contribution is -2.48. The van der Waals surface area contributed by atoms with E-state index in [0.717, 1.165) is 70.9 Å². The molecule has 2 atom stereocenters. The quantitative estimate of drug-likeness (QED) is 0.186. The van der Waals surface area contributed by atoms with E-state index in [1.54, 1.807) is 0 Å². The number of aliphatic hydroxyl groups excluding tert-OH is 1. The second kappa shape index (κ2) is 23.0. The Hall–Kier alpha value is -4.72. The molecule has 0 saturated carbocycles. The summed E-state index contributed by atoms with van der Waals surface area (Å²) in [4.78, 5) is 26.9. The first-order valence-corrected chi connectivity index (χ1v) is 17.4. The number of β-amino-alcohol motifs (C(OH)–C–C–N with tert-alkyl or cyclic N) is 1. The number of halogens is 3. The number of piperazine rings is 1. The number of hydrogen-bond acceptors (Lipinski definition) is 7. The van der Waals surface area contributed by atoms with Crippen molar-refractivity contribution in [1.29, 1.82) is 0 Å². The van der Waals surface area contributed by atoms with Gasteiger partial charge >= 0.3 is 6.18 Å². The average molecular weight is 725 g/mol. The van der Waals surface area contributed by atoms with Crippen LogP contribution in [0.1, 0.15) is 36.5 Å². The molecule has 10 nitrogen and oxygen atoms in total. The van der Waals surface area contributed by atoms with E-state index < -0.39 is 12.7 Å². The standard InChI is InChI=1S/C26H34N4O.C9H10O.C3H4F3NO.CH3NO/c1-22(16-23-6-5-10-27-18-23)17-26(31)21-29-14-12-28(13-15-29)19-24-9-11-30(20-24)25-7-3-2-4-8-25;1-2-6-9-8(4-1)5-3-7-10-9;4-3(5,6)1-7-2-8;2-1-3/h2-11,18,20,22,26,31H,12-17,19,21H2,1H3;1-2,4,6H,3,5,7H2;2H,1H2,(H,7,8);1H,(H2,2,3). The van der Waals surface area contributed by atoms with Gasteiger partial charge in [0.25, 0.3) is 0 Å². The molecule has 1 saturated heterocycles. The number of pyridine rings is 1. The third-order valence-electron chi connectivity index (χ3n) is 8.34. The summed E-state index contributed by atoms with van der Waals surface area (Å²) >= 11 is 0. The molecule has 2 aliphatic heterocycles. The van der Waals surface area contributed by atoms with Crippen LogP contribution in [-0.4, -0.2) is 95.4 Å². The minimum atomic E-state index is -4.29. The van der Waals surface area contributed by atoms with Crippen molar-refractivity contribution in [2.24, 2.45) is 11.7 Å². The number of ether oxygens (including phenoxy) is 1. The number of nitrogens with one attached hydrogen (secondary N) is 1. The Labute approximate surface area is 304 Å². The zero-order valence-corrected chi connectivity index (χ0v) is 29.7. The van der Waals surface area contributed by atoms with Crippen LogP contribution in [0.3, 0.4) is 0 Å². The molecule has 2 amide bonds. The monoisotopic (exact) mass is 724 g/mol. The van der Waals surface area contributed by atoms with Gasteiger partial charge in [0.1, 0.15) is 12.3 Å². The Kier molecular flexibility index (Phi) is 18.4. The van der Waals surface area contributed by atoms with E-state index in [4.69, 9.17) is 9.53 Å². The molecule has 4 aromatic rings. The highest BCUT2D eigenvalue weighted by atomic mass is 19.4. The summed E-state index contributed by atoms with van der Waals surface area (Å²) in [5.74, 6) is 1.53. The Morgan fingerprint density at radius 1 is 0.962 bits per heavy atom. The van der Waals surface area contributed by atoms with Crippen molar-refractivity contribution in [3.05, 3.63) is 114 Å². The van der Waals surface area contributed by atoms with Crippen molar-refractivity contribution in [1.82, 2.24) is 24.7 Å². The molecule has 282 valence electrons. The van der Waals surface area contributed by atoms with Gasteiger partial charge in [-0.25, -0.2) is 0 Å². The molecule has 52 heavy (non-hydrogen) atoms. The summed E-state index contributed by atoms with van der Waals surface area (Å²) in [6, 6.07) is 25.0. The summed E-state index contributed by atoms with van der Waals surface area (Å²) in [5.41, 5.74) is 9.32. The number of fused-ring (bicyclic) bond motifs is 1. The SMILES string of the molecule is CC(Cc1cccnc1)CC(O)CN1CCN(Cc2ccn(-c3ccccc3)c2)CC1.NC=O.O=CNCC(F)(F)F.c1ccc2c(c1)CCCO2. The summed E-state index contributed by atoms with van der Waals surface area (Å²) < 4.78 is 40.7. The van der Waals surface area contributed by atoms with E-state index >= 15 is 0 Å². The molecule has 2 unspecified atom stereocenters. The molecule has 2 aromatic carbocycles. The number of primary amides is 1. The number of nitrogens with two attached hydrogens (primary N) is 1. The van der Waals surface area contributed by atoms with E-state index in [-0.39, 0.29) is 18.9 Å². The summed E-state index contributed by atoms with van der Waals surface area (Å²) in [6.45, 7) is 7.75. The lowest BCUT2D eigenvalue weighted by molar-refractivity contribution is -0.132. The number of hydrogen-bond donors (Lipinski definition) is 3. The van der Waals surface area contributed by atoms with Crippen LogP contribution in [0.5, 0.6) is 5.75 Å². The van der Waals surface area contributed by atoms with Crippen LogP contribution in [0.4, 0.5) is 13.2 Å². The zero-order valence-electron chi connectivity index (χ0n) is 29.7. The van der Waals surface area contributed by atoms with Gasteiger partial charge in [-0.05, 0) is 78.6 Å². The molecule has 4 heterocycles. The van der Waals surface area contributed by atoms with Crippen molar-refractivity contribution >= 4 is 12.8 Å². The van der Waals surface area contributed by atoms with Gasteiger partial charge < -0.3 is 25.5 Å². The fourth-order valence-electron chi connectivity index (χ4n) is 5.98. The summed E-state index contributed by atoms with van der Waals surface area (Å²) in [5, 5.41) is 12.1. The molecule has 1 fully saturated rings. The molecule has 6 rings (SSSR count). The zero-order chi connectivity index (χ0) is 37.6. The Morgan fingerprint density at radius 3 is 2.29 bits per heavy atom. The lowest BCUT2D eigenvalue weighted by atomic mass is 9.96. The Morgan fingerprint density at radius 2 is 1.65 bits per heavy atom. The van der Waals surface area contributed by atoms with Crippen LogP contribution in [-0.2, 0) is 29.0 Å². The van der Waals surface area contributed by atoms with E-state index in [1.807, 2.05) is 36.7 Å². The minimum Gasteiger partial charge on any atom is -0.493 e. The number of nitrogens with zero attached hydrogens (tertiary/aromatic N) is 4. The maximum atomic E-state index is 11.0. The normalized spacial score (nSPS) is 15.3. The highest BCUT2D eigenvalue weighted by molar-refractivity contribution is 5.45. The molecular formula is C39H51F3N6O4. The first-order chi connectivity index (χ1) is 25.1. The van der Waals surface area contributed by atoms with Gasteiger partial charge in [-0.1, -0.05) is 49.4 Å². The number of carbonyl (C=O) groups excluding carboxylic acids is 2. The van der Waals surface area contributed by atoms with Crippen molar-refractivity contribution in [3.8, 4) is 11.4 Å². The van der Waals surface area contributed by atoms with E-state index in [1.165, 1.54) is 34.1 Å². The largest absolute Gasteiger partial charge is 0.493 e. The highest BCUT2D eigenvalue weighted by Crippen LogP contribution is 2.23. The van der Waals surface area contributed by atoms with Crippen molar-refractivity contribution < 1.29 is 32.6 Å². The number of aliphatic hydroxyl groups is 1. The topological polar surface area (TPSA) is 126 Å². The van der Waals surface area contributed by atoms with Crippen molar-refractivity contribution in [2.75, 3.05) is 45.9 Å². The van der Waals surface area contributed by atoms with E-state index in [2.05, 4.69) is 92.9 Å². The highest BCUT2D eigenvalue weighted by Gasteiger charge is 2.26. The number of rotatable bonds is 11. The number of aromatic nitrogens is 2. The van der Waals surface area contributed by atoms with Gasteiger partial charge in [-0.15, -0.1) is 0 Å². The second-order valence-electron chi connectivity index (χ2n) is 12.7. The van der Waals surface area contributed by atoms with E-state index in [9.17, 15) is 23.1 Å². The smallest absolute Gasteiger partial charge is 0.405 e. The number of carbonyl (C=O) groups is 2. The van der Waals surface area contributed by atoms with Gasteiger partial charge in [0.15, 0.2) is 0 Å². The molecule has 0 bridgehead atoms. The van der Waals surface area contributed by atoms with Gasteiger partial charge in [-0.3, -0.25) is 24.4 Å².